The monoisotopic (exact) mass is 146 g/mol. The quantitative estimate of drug-likeness (QED) is 0.517. The molecule has 0 aromatic carbocycles. The molecular weight excluding hydrogens is 140 g/mol. The molecule has 0 atom stereocenters. The second kappa shape index (κ2) is 2.38. The Kier molecular flexibility index (Phi) is 1.72. The molecular formula is C6H6F2NO. The van der Waals surface area contributed by atoms with Gasteiger partial charge in [-0.1, -0.05) is 0 Å². The van der Waals surface area contributed by atoms with E-state index in [1.165, 1.54) is 13.2 Å². The summed E-state index contributed by atoms with van der Waals surface area (Å²) in [7, 11) is 1.18. The molecule has 0 aromatic heterocycles. The first-order valence-corrected chi connectivity index (χ1v) is 2.65. The van der Waals surface area contributed by atoms with Crippen LogP contribution in [0, 0.1) is 6.08 Å². The van der Waals surface area contributed by atoms with E-state index in [0.29, 0.717) is 11.1 Å². The van der Waals surface area contributed by atoms with Crippen LogP contribution in [0.15, 0.2) is 18.4 Å². The van der Waals surface area contributed by atoms with Crippen LogP contribution < -0.4 is 0 Å². The summed E-state index contributed by atoms with van der Waals surface area (Å²) < 4.78 is 25.0. The highest BCUT2D eigenvalue weighted by molar-refractivity contribution is 5.06. The van der Waals surface area contributed by atoms with Crippen LogP contribution >= 0.6 is 0 Å². The van der Waals surface area contributed by atoms with E-state index in [9.17, 15) is 8.78 Å². The Morgan fingerprint density at radius 2 is 2.30 bits per heavy atom. The standard InChI is InChI=1S/C6H6F2NO/c1-10-9-5-3-2-4-6(9,7)8/h3-5H,1H3. The maximum atomic E-state index is 12.5. The van der Waals surface area contributed by atoms with Crippen LogP contribution in [0.4, 0.5) is 8.78 Å². The normalized spacial score (nSPS) is 21.7. The van der Waals surface area contributed by atoms with E-state index >= 15 is 0 Å². The summed E-state index contributed by atoms with van der Waals surface area (Å²) in [6, 6.07) is -3.07. The van der Waals surface area contributed by atoms with Gasteiger partial charge in [0.15, 0.2) is 0 Å². The zero-order chi connectivity index (χ0) is 7.61. The van der Waals surface area contributed by atoms with Gasteiger partial charge in [0.25, 0.3) is 0 Å². The molecule has 0 aliphatic carbocycles. The molecule has 0 amide bonds. The molecule has 2 nitrogen and oxygen atoms in total. The predicted octanol–water partition coefficient (Wildman–Crippen LogP) is 1.33. The van der Waals surface area contributed by atoms with Gasteiger partial charge in [-0.25, -0.2) is 0 Å². The minimum Gasteiger partial charge on any atom is -0.272 e. The molecule has 0 N–H and O–H groups in total. The topological polar surface area (TPSA) is 12.5 Å². The fourth-order valence-corrected chi connectivity index (χ4v) is 0.605. The van der Waals surface area contributed by atoms with E-state index in [4.69, 9.17) is 0 Å². The number of halogens is 2. The number of nitrogens with zero attached hydrogens (tertiary/aromatic N) is 1. The Hall–Kier alpha value is -0.900. The summed E-state index contributed by atoms with van der Waals surface area (Å²) in [6.45, 7) is 0. The number of hydrogen-bond acceptors (Lipinski definition) is 2. The molecule has 0 saturated carbocycles. The van der Waals surface area contributed by atoms with Gasteiger partial charge in [-0.15, -0.1) is 0 Å². The highest BCUT2D eigenvalue weighted by atomic mass is 19.3. The predicted molar refractivity (Wildman–Crippen MR) is 30.7 cm³/mol. The van der Waals surface area contributed by atoms with Crippen molar-refractivity contribution >= 4 is 0 Å². The van der Waals surface area contributed by atoms with Gasteiger partial charge in [-0.05, 0) is 12.2 Å². The van der Waals surface area contributed by atoms with Gasteiger partial charge in [0, 0.05) is 12.3 Å². The molecule has 0 saturated heterocycles. The minimum absolute atomic E-state index is 0.448. The average molecular weight is 146 g/mol. The minimum atomic E-state index is -3.07. The Morgan fingerprint density at radius 3 is 2.70 bits per heavy atom. The number of allylic oxidation sites excluding steroid dienone is 2. The van der Waals surface area contributed by atoms with Crippen molar-refractivity contribution in [2.75, 3.05) is 7.11 Å². The maximum Gasteiger partial charge on any atom is 0.367 e. The molecule has 1 aliphatic heterocycles. The number of hydroxylamine groups is 2. The van der Waals surface area contributed by atoms with Gasteiger partial charge in [0.05, 0.1) is 7.11 Å². The van der Waals surface area contributed by atoms with E-state index in [2.05, 4.69) is 10.9 Å². The SMILES string of the molecule is CON1C=C[C]=CC1(F)F. The van der Waals surface area contributed by atoms with Crippen molar-refractivity contribution in [1.82, 2.24) is 5.06 Å². The highest BCUT2D eigenvalue weighted by Crippen LogP contribution is 2.23. The molecule has 0 spiro atoms. The molecule has 0 aromatic rings. The fourth-order valence-electron chi connectivity index (χ4n) is 0.605. The fraction of sp³-hybridized carbons (Fsp3) is 0.333. The molecule has 0 bridgehead atoms. The van der Waals surface area contributed by atoms with Gasteiger partial charge < -0.3 is 0 Å². The molecule has 10 heavy (non-hydrogen) atoms. The van der Waals surface area contributed by atoms with Gasteiger partial charge in [-0.2, -0.15) is 13.8 Å². The first-order valence-electron chi connectivity index (χ1n) is 2.65. The van der Waals surface area contributed by atoms with Gasteiger partial charge >= 0.3 is 6.05 Å². The van der Waals surface area contributed by atoms with Crippen molar-refractivity contribution in [3.05, 3.63) is 24.4 Å². The van der Waals surface area contributed by atoms with Crippen LogP contribution in [0.25, 0.3) is 0 Å². The Bertz CT molecular complexity index is 177. The Balaban J connectivity index is 2.74. The number of alkyl halides is 2. The highest BCUT2D eigenvalue weighted by Gasteiger charge is 2.33. The number of rotatable bonds is 1. The van der Waals surface area contributed by atoms with E-state index in [0.717, 1.165) is 6.20 Å². The van der Waals surface area contributed by atoms with Gasteiger partial charge in [0.2, 0.25) is 0 Å². The van der Waals surface area contributed by atoms with Crippen molar-refractivity contribution < 1.29 is 13.6 Å². The second-order valence-electron chi connectivity index (χ2n) is 1.72. The van der Waals surface area contributed by atoms with Crippen LogP contribution in [-0.2, 0) is 4.84 Å². The lowest BCUT2D eigenvalue weighted by Gasteiger charge is -2.25. The third-order valence-corrected chi connectivity index (χ3v) is 1.05. The van der Waals surface area contributed by atoms with Crippen molar-refractivity contribution in [2.24, 2.45) is 0 Å². The molecule has 1 radical (unpaired) electrons. The summed E-state index contributed by atoms with van der Waals surface area (Å²) in [5.74, 6) is 0. The van der Waals surface area contributed by atoms with Crippen LogP contribution in [0.5, 0.6) is 0 Å². The molecule has 0 fully saturated rings. The zero-order valence-corrected chi connectivity index (χ0v) is 5.34. The molecule has 0 unspecified atom stereocenters. The molecule has 1 aliphatic rings. The molecule has 1 heterocycles. The van der Waals surface area contributed by atoms with Crippen LogP contribution in [0.3, 0.4) is 0 Å². The lowest BCUT2D eigenvalue weighted by atomic mass is 10.3. The second-order valence-corrected chi connectivity index (χ2v) is 1.72. The van der Waals surface area contributed by atoms with Gasteiger partial charge in [0.1, 0.15) is 0 Å². The average Bonchev–Trinajstić information content (AvgIpc) is 1.87. The first kappa shape index (κ1) is 7.21. The van der Waals surface area contributed by atoms with E-state index in [1.54, 1.807) is 0 Å². The van der Waals surface area contributed by atoms with Crippen molar-refractivity contribution in [1.29, 1.82) is 0 Å². The van der Waals surface area contributed by atoms with Crippen molar-refractivity contribution in [3.8, 4) is 0 Å². The van der Waals surface area contributed by atoms with Crippen molar-refractivity contribution in [3.63, 3.8) is 0 Å². The summed E-state index contributed by atoms with van der Waals surface area (Å²) in [5, 5.41) is 0.448. The zero-order valence-electron chi connectivity index (χ0n) is 5.34. The summed E-state index contributed by atoms with van der Waals surface area (Å²) in [4.78, 5) is 4.33. The summed E-state index contributed by atoms with van der Waals surface area (Å²) in [5.41, 5.74) is 0. The molecule has 55 valence electrons. The van der Waals surface area contributed by atoms with Crippen LogP contribution in [0.2, 0.25) is 0 Å². The third kappa shape index (κ3) is 1.16. The summed E-state index contributed by atoms with van der Waals surface area (Å²) in [6.07, 6.45) is 5.36. The number of hydrogen-bond donors (Lipinski definition) is 0. The Morgan fingerprint density at radius 1 is 1.60 bits per heavy atom. The summed E-state index contributed by atoms with van der Waals surface area (Å²) >= 11 is 0. The first-order chi connectivity index (χ1) is 4.67. The van der Waals surface area contributed by atoms with E-state index in [-0.39, 0.29) is 0 Å². The van der Waals surface area contributed by atoms with E-state index < -0.39 is 6.05 Å². The molecule has 1 rings (SSSR count). The van der Waals surface area contributed by atoms with Gasteiger partial charge in [-0.3, -0.25) is 4.84 Å². The Labute approximate surface area is 57.3 Å². The van der Waals surface area contributed by atoms with Crippen molar-refractivity contribution in [2.45, 2.75) is 6.05 Å². The largest absolute Gasteiger partial charge is 0.367 e. The smallest absolute Gasteiger partial charge is 0.272 e. The lowest BCUT2D eigenvalue weighted by Crippen LogP contribution is -2.36. The van der Waals surface area contributed by atoms with Crippen LogP contribution in [-0.4, -0.2) is 18.2 Å². The lowest BCUT2D eigenvalue weighted by molar-refractivity contribution is -0.250. The van der Waals surface area contributed by atoms with E-state index in [1.807, 2.05) is 0 Å². The third-order valence-electron chi connectivity index (χ3n) is 1.05. The van der Waals surface area contributed by atoms with Crippen LogP contribution in [0.1, 0.15) is 0 Å². The molecule has 4 heteroatoms. The maximum absolute atomic E-state index is 12.5.